The van der Waals surface area contributed by atoms with Gasteiger partial charge in [-0.3, -0.25) is 4.79 Å². The van der Waals surface area contributed by atoms with Crippen molar-refractivity contribution >= 4 is 22.9 Å². The third kappa shape index (κ3) is 6.73. The molecule has 0 bridgehead atoms. The second kappa shape index (κ2) is 11.8. The van der Waals surface area contributed by atoms with E-state index in [0.717, 1.165) is 40.7 Å². The van der Waals surface area contributed by atoms with Crippen molar-refractivity contribution in [1.82, 2.24) is 5.43 Å². The number of hydrazone groups is 1. The first kappa shape index (κ1) is 21.6. The molecule has 0 atom stereocenters. The zero-order chi connectivity index (χ0) is 21.0. The quantitative estimate of drug-likeness (QED) is 0.247. The van der Waals surface area contributed by atoms with E-state index in [4.69, 9.17) is 4.74 Å². The van der Waals surface area contributed by atoms with Crippen LogP contribution >= 0.6 is 0 Å². The van der Waals surface area contributed by atoms with Gasteiger partial charge in [-0.1, -0.05) is 75.1 Å². The minimum absolute atomic E-state index is 0.134. The van der Waals surface area contributed by atoms with Gasteiger partial charge < -0.3 is 4.74 Å². The Labute approximate surface area is 179 Å². The topological polar surface area (TPSA) is 50.7 Å². The molecule has 30 heavy (non-hydrogen) atoms. The molecule has 3 aromatic carbocycles. The van der Waals surface area contributed by atoms with Gasteiger partial charge >= 0.3 is 0 Å². The number of amides is 1. The summed E-state index contributed by atoms with van der Waals surface area (Å²) in [7, 11) is 0. The van der Waals surface area contributed by atoms with Crippen LogP contribution in [0.2, 0.25) is 0 Å². The number of hydrogen-bond acceptors (Lipinski definition) is 3. The molecule has 4 nitrogen and oxygen atoms in total. The van der Waals surface area contributed by atoms with Crippen molar-refractivity contribution in [3.8, 4) is 5.75 Å². The fourth-order valence-electron chi connectivity index (χ4n) is 3.38. The lowest BCUT2D eigenvalue weighted by Gasteiger charge is -2.06. The zero-order valence-corrected chi connectivity index (χ0v) is 17.6. The lowest BCUT2D eigenvalue weighted by molar-refractivity contribution is -0.120. The van der Waals surface area contributed by atoms with Crippen molar-refractivity contribution in [2.45, 2.75) is 45.4 Å². The van der Waals surface area contributed by atoms with E-state index in [-0.39, 0.29) is 5.91 Å². The molecule has 3 aromatic rings. The average molecular weight is 403 g/mol. The van der Waals surface area contributed by atoms with E-state index < -0.39 is 0 Å². The van der Waals surface area contributed by atoms with Crippen LogP contribution in [0.4, 0.5) is 0 Å². The van der Waals surface area contributed by atoms with Gasteiger partial charge in [-0.2, -0.15) is 5.10 Å². The van der Waals surface area contributed by atoms with E-state index in [0.29, 0.717) is 6.42 Å². The molecule has 1 N–H and O–H groups in total. The Hall–Kier alpha value is -3.14. The molecule has 0 saturated carbocycles. The number of carbonyl (C=O) groups excluding carboxylic acids is 1. The highest BCUT2D eigenvalue weighted by molar-refractivity contribution is 5.90. The normalized spacial score (nSPS) is 11.1. The molecule has 0 fully saturated rings. The third-order valence-corrected chi connectivity index (χ3v) is 5.03. The maximum atomic E-state index is 12.3. The highest BCUT2D eigenvalue weighted by atomic mass is 16.5. The Bertz CT molecular complexity index is 959. The fraction of sp³-hybridized carbons (Fsp3) is 0.308. The maximum Gasteiger partial charge on any atom is 0.244 e. The Morgan fingerprint density at radius 2 is 1.70 bits per heavy atom. The summed E-state index contributed by atoms with van der Waals surface area (Å²) in [6, 6.07) is 21.8. The van der Waals surface area contributed by atoms with Crippen LogP contribution in [0.3, 0.4) is 0 Å². The zero-order valence-electron chi connectivity index (χ0n) is 17.6. The van der Waals surface area contributed by atoms with Crippen LogP contribution in [-0.2, 0) is 11.2 Å². The molecule has 156 valence electrons. The molecule has 3 rings (SSSR count). The standard InChI is InChI=1S/C26H30N2O2/c1-2-3-4-5-8-18-30-24-16-14-21(15-17-24)20-27-28-26(29)19-23-12-9-11-22-10-6-7-13-25(22)23/h6-7,9-17,20H,2-5,8,18-19H2,1H3,(H,28,29)/b27-20-. The predicted octanol–water partition coefficient (Wildman–Crippen LogP) is 5.88. The molecule has 0 aliphatic carbocycles. The highest BCUT2D eigenvalue weighted by Crippen LogP contribution is 2.18. The van der Waals surface area contributed by atoms with Gasteiger partial charge in [0, 0.05) is 0 Å². The minimum Gasteiger partial charge on any atom is -0.494 e. The third-order valence-electron chi connectivity index (χ3n) is 5.03. The summed E-state index contributed by atoms with van der Waals surface area (Å²) in [4.78, 5) is 12.3. The smallest absolute Gasteiger partial charge is 0.244 e. The number of nitrogens with one attached hydrogen (secondary N) is 1. The molecule has 0 aliphatic rings. The Morgan fingerprint density at radius 1 is 0.933 bits per heavy atom. The molecular weight excluding hydrogens is 372 g/mol. The number of benzene rings is 3. The van der Waals surface area contributed by atoms with E-state index in [9.17, 15) is 4.79 Å². The SMILES string of the molecule is CCCCCCCOc1ccc(/C=N\NC(=O)Cc2cccc3ccccc23)cc1. The lowest BCUT2D eigenvalue weighted by Crippen LogP contribution is -2.19. The van der Waals surface area contributed by atoms with E-state index in [1.54, 1.807) is 6.21 Å². The van der Waals surface area contributed by atoms with E-state index in [1.165, 1.54) is 25.7 Å². The monoisotopic (exact) mass is 402 g/mol. The van der Waals surface area contributed by atoms with Crippen molar-refractivity contribution in [1.29, 1.82) is 0 Å². The van der Waals surface area contributed by atoms with Crippen LogP contribution in [0.25, 0.3) is 10.8 Å². The van der Waals surface area contributed by atoms with E-state index in [2.05, 4.69) is 29.6 Å². The lowest BCUT2D eigenvalue weighted by atomic mass is 10.0. The molecule has 0 radical (unpaired) electrons. The van der Waals surface area contributed by atoms with Crippen molar-refractivity contribution in [3.05, 3.63) is 77.9 Å². The van der Waals surface area contributed by atoms with Gasteiger partial charge in [0.1, 0.15) is 5.75 Å². The molecule has 0 aromatic heterocycles. The van der Waals surface area contributed by atoms with Gasteiger partial charge in [-0.05, 0) is 52.6 Å². The Balaban J connectivity index is 1.44. The van der Waals surface area contributed by atoms with E-state index >= 15 is 0 Å². The summed E-state index contributed by atoms with van der Waals surface area (Å²) < 4.78 is 5.77. The van der Waals surface area contributed by atoms with Gasteiger partial charge in [0.25, 0.3) is 0 Å². The number of rotatable bonds is 11. The van der Waals surface area contributed by atoms with E-state index in [1.807, 2.05) is 54.6 Å². The summed E-state index contributed by atoms with van der Waals surface area (Å²) in [5, 5.41) is 6.32. The first-order chi connectivity index (χ1) is 14.8. The minimum atomic E-state index is -0.134. The predicted molar refractivity (Wildman–Crippen MR) is 124 cm³/mol. The molecule has 0 spiro atoms. The average Bonchev–Trinajstić information content (AvgIpc) is 2.77. The van der Waals surface area contributed by atoms with Gasteiger partial charge in [0.05, 0.1) is 19.2 Å². The van der Waals surface area contributed by atoms with Crippen LogP contribution in [0.5, 0.6) is 5.75 Å². The number of ether oxygens (including phenoxy) is 1. The van der Waals surface area contributed by atoms with Crippen LogP contribution in [0.1, 0.15) is 50.2 Å². The number of fused-ring (bicyclic) bond motifs is 1. The highest BCUT2D eigenvalue weighted by Gasteiger charge is 2.05. The molecule has 4 heteroatoms. The van der Waals surface area contributed by atoms with Crippen LogP contribution in [0, 0.1) is 0 Å². The first-order valence-electron chi connectivity index (χ1n) is 10.8. The van der Waals surface area contributed by atoms with Gasteiger partial charge in [-0.15, -0.1) is 0 Å². The van der Waals surface area contributed by atoms with Crippen LogP contribution < -0.4 is 10.2 Å². The van der Waals surface area contributed by atoms with Crippen molar-refractivity contribution in [2.24, 2.45) is 5.10 Å². The summed E-state index contributed by atoms with van der Waals surface area (Å²) in [5.74, 6) is 0.730. The fourth-order valence-corrected chi connectivity index (χ4v) is 3.38. The summed E-state index contributed by atoms with van der Waals surface area (Å²) in [5.41, 5.74) is 4.53. The molecule has 0 heterocycles. The Kier molecular flexibility index (Phi) is 8.46. The summed E-state index contributed by atoms with van der Waals surface area (Å²) in [6.45, 7) is 2.97. The molecule has 0 saturated heterocycles. The number of unbranched alkanes of at least 4 members (excludes halogenated alkanes) is 4. The van der Waals surface area contributed by atoms with Gasteiger partial charge in [-0.25, -0.2) is 5.43 Å². The van der Waals surface area contributed by atoms with Crippen LogP contribution in [-0.4, -0.2) is 18.7 Å². The van der Waals surface area contributed by atoms with Crippen molar-refractivity contribution in [3.63, 3.8) is 0 Å². The Morgan fingerprint density at radius 3 is 2.53 bits per heavy atom. The second-order valence-corrected chi connectivity index (χ2v) is 7.44. The van der Waals surface area contributed by atoms with Gasteiger partial charge in [0.15, 0.2) is 0 Å². The number of nitrogens with zero attached hydrogens (tertiary/aromatic N) is 1. The molecular formula is C26H30N2O2. The van der Waals surface area contributed by atoms with Crippen molar-refractivity contribution < 1.29 is 9.53 Å². The van der Waals surface area contributed by atoms with Crippen LogP contribution in [0.15, 0.2) is 71.8 Å². The molecule has 1 amide bonds. The molecule has 0 unspecified atom stereocenters. The first-order valence-corrected chi connectivity index (χ1v) is 10.8. The van der Waals surface area contributed by atoms with Crippen molar-refractivity contribution in [2.75, 3.05) is 6.61 Å². The number of carbonyl (C=O) groups is 1. The summed E-state index contributed by atoms with van der Waals surface area (Å²) in [6.07, 6.45) is 8.09. The largest absolute Gasteiger partial charge is 0.494 e. The second-order valence-electron chi connectivity index (χ2n) is 7.44. The maximum absolute atomic E-state index is 12.3. The molecule has 0 aliphatic heterocycles. The number of hydrogen-bond donors (Lipinski definition) is 1. The van der Waals surface area contributed by atoms with Gasteiger partial charge in [0.2, 0.25) is 5.91 Å². The summed E-state index contributed by atoms with van der Waals surface area (Å²) >= 11 is 0.